The molecule has 0 spiro atoms. The number of nitrogens with two attached hydrogens (primary N) is 1. The molecule has 0 aliphatic heterocycles. The molecule has 0 unspecified atom stereocenters. The first kappa shape index (κ1) is 10.9. The van der Waals surface area contributed by atoms with Gasteiger partial charge in [-0.25, -0.2) is 0 Å². The summed E-state index contributed by atoms with van der Waals surface area (Å²) in [6, 6.07) is 4.54. The van der Waals surface area contributed by atoms with Crippen LogP contribution in [0.2, 0.25) is 0 Å². The highest BCUT2D eigenvalue weighted by Gasteiger charge is 2.31. The number of hydrogen-bond donors (Lipinski definition) is 1. The lowest BCUT2D eigenvalue weighted by Crippen LogP contribution is -2.26. The van der Waals surface area contributed by atoms with Crippen LogP contribution in [-0.4, -0.2) is 13.7 Å². The molecule has 0 saturated heterocycles. The molecule has 1 aromatic carbocycles. The summed E-state index contributed by atoms with van der Waals surface area (Å²) in [5, 5.41) is 0. The molecule has 2 nitrogen and oxygen atoms in total. The second kappa shape index (κ2) is 3.92. The van der Waals surface area contributed by atoms with Gasteiger partial charge in [0.15, 0.2) is 0 Å². The fourth-order valence-electron chi connectivity index (χ4n) is 1.34. The van der Waals surface area contributed by atoms with Crippen LogP contribution >= 0.6 is 0 Å². The minimum absolute atomic E-state index is 0.0700. The summed E-state index contributed by atoms with van der Waals surface area (Å²) in [6.45, 7) is 0.902. The minimum atomic E-state index is -2.99. The highest BCUT2D eigenvalue weighted by molar-refractivity contribution is 5.41. The van der Waals surface area contributed by atoms with E-state index in [4.69, 9.17) is 10.5 Å². The molecule has 14 heavy (non-hydrogen) atoms. The Morgan fingerprint density at radius 1 is 1.43 bits per heavy atom. The molecule has 0 heterocycles. The third-order valence-electron chi connectivity index (χ3n) is 2.15. The first-order valence-corrected chi connectivity index (χ1v) is 4.25. The van der Waals surface area contributed by atoms with Crippen LogP contribution in [0.15, 0.2) is 18.2 Å². The van der Waals surface area contributed by atoms with Gasteiger partial charge in [0.1, 0.15) is 5.75 Å². The Labute approximate surface area is 81.7 Å². The fourth-order valence-corrected chi connectivity index (χ4v) is 1.34. The lowest BCUT2D eigenvalue weighted by Gasteiger charge is -2.18. The quantitative estimate of drug-likeness (QED) is 0.812. The first-order valence-electron chi connectivity index (χ1n) is 4.25. The monoisotopic (exact) mass is 201 g/mol. The summed E-state index contributed by atoms with van der Waals surface area (Å²) in [7, 11) is 1.45. The van der Waals surface area contributed by atoms with Crippen molar-refractivity contribution in [1.82, 2.24) is 0 Å². The minimum Gasteiger partial charge on any atom is -0.496 e. The van der Waals surface area contributed by atoms with E-state index in [1.54, 1.807) is 13.0 Å². The number of rotatable bonds is 3. The summed E-state index contributed by atoms with van der Waals surface area (Å²) in [4.78, 5) is 0. The molecule has 0 aliphatic carbocycles. The Balaban J connectivity index is 3.22. The molecule has 0 aromatic heterocycles. The largest absolute Gasteiger partial charge is 0.496 e. The normalized spacial score (nSPS) is 11.5. The molecular weight excluding hydrogens is 188 g/mol. The Morgan fingerprint density at radius 2 is 2.07 bits per heavy atom. The third kappa shape index (κ3) is 1.85. The van der Waals surface area contributed by atoms with Gasteiger partial charge in [-0.15, -0.1) is 0 Å². The molecule has 0 atom stereocenters. The summed E-state index contributed by atoms with van der Waals surface area (Å²) < 4.78 is 31.5. The Hall–Kier alpha value is -1.16. The van der Waals surface area contributed by atoms with E-state index < -0.39 is 12.5 Å². The SMILES string of the molecule is COc1cccc(C(F)(F)CN)c1C. The zero-order valence-electron chi connectivity index (χ0n) is 8.18. The van der Waals surface area contributed by atoms with E-state index in [0.717, 1.165) is 0 Å². The van der Waals surface area contributed by atoms with E-state index in [-0.39, 0.29) is 5.56 Å². The van der Waals surface area contributed by atoms with Gasteiger partial charge in [0.25, 0.3) is 5.92 Å². The Morgan fingerprint density at radius 3 is 2.57 bits per heavy atom. The molecule has 0 radical (unpaired) electrons. The topological polar surface area (TPSA) is 35.2 Å². The van der Waals surface area contributed by atoms with Crippen LogP contribution in [0.3, 0.4) is 0 Å². The van der Waals surface area contributed by atoms with E-state index in [2.05, 4.69) is 0 Å². The summed E-state index contributed by atoms with van der Waals surface area (Å²) in [5.41, 5.74) is 5.37. The molecule has 0 saturated carbocycles. The van der Waals surface area contributed by atoms with Crippen LogP contribution in [0.4, 0.5) is 8.78 Å². The maximum Gasteiger partial charge on any atom is 0.285 e. The molecular formula is C10H13F2NO. The van der Waals surface area contributed by atoms with Gasteiger partial charge in [0, 0.05) is 11.1 Å². The van der Waals surface area contributed by atoms with Gasteiger partial charge < -0.3 is 10.5 Å². The molecule has 78 valence electrons. The zero-order valence-corrected chi connectivity index (χ0v) is 8.18. The number of ether oxygens (including phenoxy) is 1. The van der Waals surface area contributed by atoms with E-state index in [1.807, 2.05) is 0 Å². The summed E-state index contributed by atoms with van der Waals surface area (Å²) in [5.74, 6) is -2.53. The first-order chi connectivity index (χ1) is 6.53. The highest BCUT2D eigenvalue weighted by Crippen LogP contribution is 2.33. The number of methoxy groups -OCH3 is 1. The number of alkyl halides is 2. The molecule has 0 fully saturated rings. The lowest BCUT2D eigenvalue weighted by atomic mass is 10.0. The van der Waals surface area contributed by atoms with Crippen LogP contribution in [0.1, 0.15) is 11.1 Å². The lowest BCUT2D eigenvalue weighted by molar-refractivity contribution is 0.00510. The van der Waals surface area contributed by atoms with E-state index in [1.165, 1.54) is 19.2 Å². The van der Waals surface area contributed by atoms with Crippen LogP contribution < -0.4 is 10.5 Å². The molecule has 0 aliphatic rings. The predicted molar refractivity (Wildman–Crippen MR) is 50.7 cm³/mol. The average Bonchev–Trinajstić information content (AvgIpc) is 2.18. The van der Waals surface area contributed by atoms with Crippen molar-refractivity contribution in [3.63, 3.8) is 0 Å². The molecule has 1 aromatic rings. The molecule has 0 bridgehead atoms. The van der Waals surface area contributed by atoms with Gasteiger partial charge in [-0.2, -0.15) is 8.78 Å². The van der Waals surface area contributed by atoms with Gasteiger partial charge in [-0.3, -0.25) is 0 Å². The van der Waals surface area contributed by atoms with Gasteiger partial charge in [-0.05, 0) is 13.0 Å². The molecule has 4 heteroatoms. The summed E-state index contributed by atoms with van der Waals surface area (Å²) >= 11 is 0. The highest BCUT2D eigenvalue weighted by atomic mass is 19.3. The van der Waals surface area contributed by atoms with Gasteiger partial charge >= 0.3 is 0 Å². The Kier molecular flexibility index (Phi) is 3.06. The van der Waals surface area contributed by atoms with Crippen molar-refractivity contribution in [2.45, 2.75) is 12.8 Å². The Bertz CT molecular complexity index is 326. The third-order valence-corrected chi connectivity index (χ3v) is 2.15. The van der Waals surface area contributed by atoms with Crippen molar-refractivity contribution in [3.05, 3.63) is 29.3 Å². The molecule has 2 N–H and O–H groups in total. The second-order valence-electron chi connectivity index (χ2n) is 3.04. The van der Waals surface area contributed by atoms with Crippen LogP contribution in [0, 0.1) is 6.92 Å². The van der Waals surface area contributed by atoms with Crippen molar-refractivity contribution in [2.75, 3.05) is 13.7 Å². The standard InChI is InChI=1S/C10H13F2NO/c1-7-8(10(11,12)6-13)4-3-5-9(7)14-2/h3-5H,6,13H2,1-2H3. The van der Waals surface area contributed by atoms with Crippen molar-refractivity contribution in [3.8, 4) is 5.75 Å². The predicted octanol–water partition coefficient (Wildman–Crippen LogP) is 2.05. The second-order valence-corrected chi connectivity index (χ2v) is 3.04. The average molecular weight is 201 g/mol. The van der Waals surface area contributed by atoms with E-state index in [9.17, 15) is 8.78 Å². The number of halogens is 2. The van der Waals surface area contributed by atoms with Crippen LogP contribution in [0.5, 0.6) is 5.75 Å². The van der Waals surface area contributed by atoms with Gasteiger partial charge in [0.05, 0.1) is 13.7 Å². The fraction of sp³-hybridized carbons (Fsp3) is 0.400. The van der Waals surface area contributed by atoms with Crippen LogP contribution in [0.25, 0.3) is 0 Å². The van der Waals surface area contributed by atoms with Crippen LogP contribution in [-0.2, 0) is 5.92 Å². The summed E-state index contributed by atoms with van der Waals surface area (Å²) in [6.07, 6.45) is 0. The van der Waals surface area contributed by atoms with Crippen molar-refractivity contribution < 1.29 is 13.5 Å². The number of benzene rings is 1. The molecule has 1 rings (SSSR count). The maximum atomic E-state index is 13.3. The van der Waals surface area contributed by atoms with Crippen molar-refractivity contribution in [2.24, 2.45) is 5.73 Å². The smallest absolute Gasteiger partial charge is 0.285 e. The van der Waals surface area contributed by atoms with Gasteiger partial charge in [-0.1, -0.05) is 12.1 Å². The zero-order chi connectivity index (χ0) is 10.8. The van der Waals surface area contributed by atoms with Gasteiger partial charge in [0.2, 0.25) is 0 Å². The van der Waals surface area contributed by atoms with E-state index in [0.29, 0.717) is 11.3 Å². The maximum absolute atomic E-state index is 13.3. The van der Waals surface area contributed by atoms with Crippen molar-refractivity contribution in [1.29, 1.82) is 0 Å². The molecule has 0 amide bonds. The van der Waals surface area contributed by atoms with E-state index >= 15 is 0 Å². The van der Waals surface area contributed by atoms with Crippen molar-refractivity contribution >= 4 is 0 Å². The number of hydrogen-bond acceptors (Lipinski definition) is 2.